The van der Waals surface area contributed by atoms with Crippen molar-refractivity contribution in [1.82, 2.24) is 0 Å². The zero-order chi connectivity index (χ0) is 14.2. The van der Waals surface area contributed by atoms with E-state index in [4.69, 9.17) is 11.6 Å². The van der Waals surface area contributed by atoms with Gasteiger partial charge in [-0.3, -0.25) is 4.79 Å². The number of hydrogen-bond acceptors (Lipinski definition) is 3. The van der Waals surface area contributed by atoms with E-state index in [1.807, 2.05) is 0 Å². The lowest BCUT2D eigenvalue weighted by Crippen LogP contribution is -2.25. The predicted octanol–water partition coefficient (Wildman–Crippen LogP) is 2.75. The van der Waals surface area contributed by atoms with Gasteiger partial charge in [0.05, 0.1) is 16.5 Å². The summed E-state index contributed by atoms with van der Waals surface area (Å²) in [6.45, 7) is 0.151. The Hall–Kier alpha value is -0.660. The first-order chi connectivity index (χ1) is 8.76. The van der Waals surface area contributed by atoms with Gasteiger partial charge < -0.3 is 4.90 Å². The largest absolute Gasteiger partial charge is 0.311 e. The zero-order valence-corrected chi connectivity index (χ0v) is 12.8. The summed E-state index contributed by atoms with van der Waals surface area (Å²) < 4.78 is 34.7. The third-order valence-electron chi connectivity index (χ3n) is 2.84. The van der Waals surface area contributed by atoms with Gasteiger partial charge in [-0.15, -0.1) is 3.89 Å². The van der Waals surface area contributed by atoms with Crippen molar-refractivity contribution in [2.45, 2.75) is 6.42 Å². The first-order valence-corrected chi connectivity index (χ1v) is 8.16. The molecule has 1 heterocycles. The van der Waals surface area contributed by atoms with Crippen molar-refractivity contribution < 1.29 is 17.1 Å². The van der Waals surface area contributed by atoms with E-state index < -0.39 is 21.9 Å². The van der Waals surface area contributed by atoms with E-state index in [0.29, 0.717) is 10.7 Å². The number of rotatable bonds is 3. The van der Waals surface area contributed by atoms with Crippen LogP contribution >= 0.6 is 27.5 Å². The molecule has 0 bridgehead atoms. The highest BCUT2D eigenvalue weighted by Crippen LogP contribution is 2.33. The van der Waals surface area contributed by atoms with Crippen molar-refractivity contribution in [2.75, 3.05) is 17.2 Å². The standard InChI is InChI=1S/C11H10BrClFNO3S/c12-8-1-2-9(13)10(4-8)15-5-7(3-11(15)16)6-19(14,17)18/h1-2,4,7H,3,5-6H2. The quantitative estimate of drug-likeness (QED) is 0.769. The molecule has 1 amide bonds. The maximum Gasteiger partial charge on any atom is 0.302 e. The molecule has 1 aromatic carbocycles. The van der Waals surface area contributed by atoms with Gasteiger partial charge in [-0.25, -0.2) is 0 Å². The van der Waals surface area contributed by atoms with Gasteiger partial charge in [-0.05, 0) is 18.2 Å². The number of carbonyl (C=O) groups is 1. The summed E-state index contributed by atoms with van der Waals surface area (Å²) >= 11 is 9.29. The van der Waals surface area contributed by atoms with Crippen molar-refractivity contribution in [3.8, 4) is 0 Å². The number of hydrogen-bond donors (Lipinski definition) is 0. The van der Waals surface area contributed by atoms with Gasteiger partial charge in [0.2, 0.25) is 5.91 Å². The number of halogens is 3. The maximum atomic E-state index is 12.6. The molecule has 1 saturated heterocycles. The van der Waals surface area contributed by atoms with E-state index in [0.717, 1.165) is 4.47 Å². The molecule has 1 unspecified atom stereocenters. The molecular formula is C11H10BrClFNO3S. The fourth-order valence-electron chi connectivity index (χ4n) is 2.10. The number of anilines is 1. The molecule has 1 aliphatic rings. The summed E-state index contributed by atoms with van der Waals surface area (Å²) in [5.74, 6) is -1.44. The topological polar surface area (TPSA) is 54.5 Å². The molecule has 0 aliphatic carbocycles. The number of carbonyl (C=O) groups excluding carboxylic acids is 1. The normalized spacial score (nSPS) is 20.1. The molecular weight excluding hydrogens is 361 g/mol. The van der Waals surface area contributed by atoms with Gasteiger partial charge in [0.25, 0.3) is 0 Å². The second-order valence-electron chi connectivity index (χ2n) is 4.38. The maximum absolute atomic E-state index is 12.6. The van der Waals surface area contributed by atoms with E-state index in [2.05, 4.69) is 15.9 Å². The van der Waals surface area contributed by atoms with E-state index in [1.54, 1.807) is 18.2 Å². The lowest BCUT2D eigenvalue weighted by Gasteiger charge is -2.18. The van der Waals surface area contributed by atoms with Crippen molar-refractivity contribution in [3.63, 3.8) is 0 Å². The molecule has 0 spiro atoms. The van der Waals surface area contributed by atoms with Crippen LogP contribution in [-0.2, 0) is 15.0 Å². The number of nitrogens with zero attached hydrogens (tertiary/aromatic N) is 1. The first kappa shape index (κ1) is 14.7. The van der Waals surface area contributed by atoms with Crippen molar-refractivity contribution >= 4 is 49.3 Å². The van der Waals surface area contributed by atoms with E-state index >= 15 is 0 Å². The van der Waals surface area contributed by atoms with Gasteiger partial charge in [-0.1, -0.05) is 27.5 Å². The molecule has 0 N–H and O–H groups in total. The first-order valence-electron chi connectivity index (χ1n) is 5.44. The van der Waals surface area contributed by atoms with Gasteiger partial charge in [0.1, 0.15) is 0 Å². The predicted molar refractivity (Wildman–Crippen MR) is 74.5 cm³/mol. The molecule has 19 heavy (non-hydrogen) atoms. The minimum Gasteiger partial charge on any atom is -0.311 e. The van der Waals surface area contributed by atoms with Crippen LogP contribution in [0, 0.1) is 5.92 Å². The van der Waals surface area contributed by atoms with E-state index in [9.17, 15) is 17.1 Å². The van der Waals surface area contributed by atoms with Crippen molar-refractivity contribution in [2.24, 2.45) is 5.92 Å². The molecule has 8 heteroatoms. The summed E-state index contributed by atoms with van der Waals surface area (Å²) in [6, 6.07) is 5.04. The number of amides is 1. The molecule has 2 rings (SSSR count). The monoisotopic (exact) mass is 369 g/mol. The van der Waals surface area contributed by atoms with Crippen LogP contribution in [0.4, 0.5) is 9.57 Å². The Bertz CT molecular complexity index is 622. The van der Waals surface area contributed by atoms with Crippen LogP contribution in [0.2, 0.25) is 5.02 Å². The summed E-state index contributed by atoms with van der Waals surface area (Å²) in [6.07, 6.45) is 0.00594. The molecule has 4 nitrogen and oxygen atoms in total. The third kappa shape index (κ3) is 3.67. The van der Waals surface area contributed by atoms with E-state index in [-0.39, 0.29) is 18.9 Å². The molecule has 0 radical (unpaired) electrons. The Morgan fingerprint density at radius 1 is 1.47 bits per heavy atom. The Morgan fingerprint density at radius 3 is 2.79 bits per heavy atom. The van der Waals surface area contributed by atoms with Crippen molar-refractivity contribution in [1.29, 1.82) is 0 Å². The Morgan fingerprint density at radius 2 is 2.16 bits per heavy atom. The zero-order valence-electron chi connectivity index (χ0n) is 9.64. The van der Waals surface area contributed by atoms with E-state index in [1.165, 1.54) is 4.90 Å². The smallest absolute Gasteiger partial charge is 0.302 e. The number of benzene rings is 1. The average Bonchev–Trinajstić information content (AvgIpc) is 2.60. The third-order valence-corrected chi connectivity index (χ3v) is 4.52. The summed E-state index contributed by atoms with van der Waals surface area (Å²) in [4.78, 5) is 13.3. The van der Waals surface area contributed by atoms with Crippen LogP contribution < -0.4 is 4.90 Å². The lowest BCUT2D eigenvalue weighted by atomic mass is 10.1. The van der Waals surface area contributed by atoms with Gasteiger partial charge in [-0.2, -0.15) is 8.42 Å². The SMILES string of the molecule is O=C1CC(CS(=O)(=O)F)CN1c1cc(Br)ccc1Cl. The van der Waals surface area contributed by atoms with Crippen LogP contribution in [-0.4, -0.2) is 26.6 Å². The summed E-state index contributed by atoms with van der Waals surface area (Å²) in [5, 5.41) is 0.389. The molecule has 1 aromatic rings. The van der Waals surface area contributed by atoms with Crippen LogP contribution in [0.15, 0.2) is 22.7 Å². The fraction of sp³-hybridized carbons (Fsp3) is 0.364. The van der Waals surface area contributed by atoms with Crippen LogP contribution in [0.25, 0.3) is 0 Å². The minimum atomic E-state index is -4.58. The van der Waals surface area contributed by atoms with Gasteiger partial charge in [0, 0.05) is 23.4 Å². The highest BCUT2D eigenvalue weighted by molar-refractivity contribution is 9.10. The average molecular weight is 371 g/mol. The second kappa shape index (κ2) is 5.38. The molecule has 1 atom stereocenters. The lowest BCUT2D eigenvalue weighted by molar-refractivity contribution is -0.117. The van der Waals surface area contributed by atoms with Crippen LogP contribution in [0.5, 0.6) is 0 Å². The van der Waals surface area contributed by atoms with Gasteiger partial charge in [0.15, 0.2) is 0 Å². The Balaban J connectivity index is 2.23. The second-order valence-corrected chi connectivity index (χ2v) is 7.11. The van der Waals surface area contributed by atoms with Gasteiger partial charge >= 0.3 is 10.2 Å². The fourth-order valence-corrected chi connectivity index (χ4v) is 3.46. The van der Waals surface area contributed by atoms with Crippen LogP contribution in [0.3, 0.4) is 0 Å². The molecule has 104 valence electrons. The van der Waals surface area contributed by atoms with Crippen LogP contribution in [0.1, 0.15) is 6.42 Å². The Kier molecular flexibility index (Phi) is 4.17. The summed E-state index contributed by atoms with van der Waals surface area (Å²) in [7, 11) is -4.58. The summed E-state index contributed by atoms with van der Waals surface area (Å²) in [5.41, 5.74) is 0.500. The Labute approximate surface area is 123 Å². The molecule has 0 saturated carbocycles. The molecule has 0 aromatic heterocycles. The molecule has 1 aliphatic heterocycles. The minimum absolute atomic E-state index is 0.00594. The molecule has 1 fully saturated rings. The highest BCUT2D eigenvalue weighted by atomic mass is 79.9. The highest BCUT2D eigenvalue weighted by Gasteiger charge is 2.34. The van der Waals surface area contributed by atoms with Crippen molar-refractivity contribution in [3.05, 3.63) is 27.7 Å².